The highest BCUT2D eigenvalue weighted by Gasteiger charge is 2.41. The number of amides is 2. The second-order valence-corrected chi connectivity index (χ2v) is 10.1. The number of rotatable bonds is 9. The Morgan fingerprint density at radius 2 is 1.84 bits per heavy atom. The van der Waals surface area contributed by atoms with E-state index in [4.69, 9.17) is 9.47 Å². The van der Waals surface area contributed by atoms with Crippen LogP contribution < -0.4 is 9.47 Å². The van der Waals surface area contributed by atoms with Gasteiger partial charge in [-0.05, 0) is 30.5 Å². The smallest absolute Gasteiger partial charge is 0.236 e. The fourth-order valence-corrected chi connectivity index (χ4v) is 5.75. The van der Waals surface area contributed by atoms with E-state index in [1.807, 2.05) is 28.0 Å². The van der Waals surface area contributed by atoms with E-state index in [2.05, 4.69) is 25.7 Å². The normalized spacial score (nSPS) is 22.0. The van der Waals surface area contributed by atoms with E-state index in [-0.39, 0.29) is 22.4 Å². The molecule has 8 heteroatoms. The predicted octanol–water partition coefficient (Wildman–Crippen LogP) is 3.25. The highest BCUT2D eigenvalue weighted by Crippen LogP contribution is 2.47. The number of thioether (sulfide) groups is 1. The molecular weight excluding hydrogens is 426 g/mol. The molecule has 0 radical (unpaired) electrons. The molecule has 32 heavy (non-hydrogen) atoms. The molecule has 0 spiro atoms. The molecule has 0 bridgehead atoms. The summed E-state index contributed by atoms with van der Waals surface area (Å²) in [6, 6.07) is 5.77. The first-order chi connectivity index (χ1) is 15.4. The van der Waals surface area contributed by atoms with Crippen LogP contribution in [0.2, 0.25) is 0 Å². The van der Waals surface area contributed by atoms with Crippen molar-refractivity contribution < 1.29 is 19.1 Å². The zero-order valence-electron chi connectivity index (χ0n) is 20.0. The molecule has 2 unspecified atom stereocenters. The number of carbonyl (C=O) groups excluding carboxylic acids is 2. The molecular formula is C24H37N3O4S. The largest absolute Gasteiger partial charge is 0.497 e. The Balaban J connectivity index is 1.66. The zero-order chi connectivity index (χ0) is 23.3. The third-order valence-corrected chi connectivity index (χ3v) is 7.80. The van der Waals surface area contributed by atoms with Crippen LogP contribution in [-0.4, -0.2) is 85.3 Å². The fraction of sp³-hybridized carbons (Fsp3) is 0.667. The van der Waals surface area contributed by atoms with Gasteiger partial charge < -0.3 is 19.3 Å². The number of methoxy groups -OCH3 is 2. The van der Waals surface area contributed by atoms with Gasteiger partial charge in [-0.2, -0.15) is 0 Å². The molecule has 2 atom stereocenters. The molecule has 0 aliphatic carbocycles. The van der Waals surface area contributed by atoms with Gasteiger partial charge in [0.05, 0.1) is 19.5 Å². The topological polar surface area (TPSA) is 62.3 Å². The number of carbonyl (C=O) groups is 2. The Morgan fingerprint density at radius 1 is 1.12 bits per heavy atom. The molecule has 0 saturated carbocycles. The van der Waals surface area contributed by atoms with Gasteiger partial charge in [-0.25, -0.2) is 0 Å². The molecule has 2 heterocycles. The molecule has 2 aliphatic rings. The van der Waals surface area contributed by atoms with Crippen LogP contribution in [0.3, 0.4) is 0 Å². The van der Waals surface area contributed by atoms with Gasteiger partial charge in [-0.1, -0.05) is 20.8 Å². The van der Waals surface area contributed by atoms with Crippen molar-refractivity contribution in [2.45, 2.75) is 44.2 Å². The third kappa shape index (κ3) is 5.70. The molecule has 2 fully saturated rings. The summed E-state index contributed by atoms with van der Waals surface area (Å²) in [5.41, 5.74) is 0.977. The average Bonchev–Trinajstić information content (AvgIpc) is 3.12. The van der Waals surface area contributed by atoms with Crippen molar-refractivity contribution in [2.24, 2.45) is 5.92 Å². The quantitative estimate of drug-likeness (QED) is 0.560. The monoisotopic (exact) mass is 463 g/mol. The van der Waals surface area contributed by atoms with Gasteiger partial charge in [-0.15, -0.1) is 11.8 Å². The second-order valence-electron chi connectivity index (χ2n) is 8.85. The van der Waals surface area contributed by atoms with E-state index in [1.54, 1.807) is 26.0 Å². The average molecular weight is 464 g/mol. The maximum atomic E-state index is 13.2. The molecule has 1 aromatic carbocycles. The minimum Gasteiger partial charge on any atom is -0.497 e. The van der Waals surface area contributed by atoms with Crippen molar-refractivity contribution in [2.75, 3.05) is 53.5 Å². The van der Waals surface area contributed by atoms with Crippen molar-refractivity contribution in [3.05, 3.63) is 23.8 Å². The molecule has 1 aromatic rings. The summed E-state index contributed by atoms with van der Waals surface area (Å²) in [6.45, 7) is 10.9. The number of benzene rings is 1. The first-order valence-corrected chi connectivity index (χ1v) is 12.5. The Hall–Kier alpha value is -1.93. The first-order valence-electron chi connectivity index (χ1n) is 11.6. The van der Waals surface area contributed by atoms with Gasteiger partial charge in [0, 0.05) is 51.3 Å². The second kappa shape index (κ2) is 11.3. The molecule has 7 nitrogen and oxygen atoms in total. The van der Waals surface area contributed by atoms with E-state index in [0.717, 1.165) is 56.2 Å². The fourth-order valence-electron chi connectivity index (χ4n) is 4.31. The Kier molecular flexibility index (Phi) is 8.71. The third-order valence-electron chi connectivity index (χ3n) is 6.17. The van der Waals surface area contributed by atoms with Gasteiger partial charge >= 0.3 is 0 Å². The van der Waals surface area contributed by atoms with Crippen molar-refractivity contribution in [3.8, 4) is 11.5 Å². The lowest BCUT2D eigenvalue weighted by atomic mass is 10.1. The molecule has 178 valence electrons. The van der Waals surface area contributed by atoms with Gasteiger partial charge in [-0.3, -0.25) is 14.5 Å². The van der Waals surface area contributed by atoms with Crippen LogP contribution in [0.15, 0.2) is 18.2 Å². The number of hydrogen-bond donors (Lipinski definition) is 0. The van der Waals surface area contributed by atoms with E-state index in [9.17, 15) is 9.59 Å². The standard InChI is InChI=1S/C24H37N3O4S/c1-6-21-23(29)27(24(32-21)19-16-18(30-4)7-8-20(19)31-5)14-11-25-9-12-26(13-10-25)22(28)15-17(2)3/h7-8,16-17,21,24H,6,9-15H2,1-5H3. The van der Waals surface area contributed by atoms with Gasteiger partial charge in [0.15, 0.2) is 0 Å². The van der Waals surface area contributed by atoms with Crippen molar-refractivity contribution in [1.29, 1.82) is 0 Å². The lowest BCUT2D eigenvalue weighted by molar-refractivity contribution is -0.133. The Bertz CT molecular complexity index is 795. The summed E-state index contributed by atoms with van der Waals surface area (Å²) in [5.74, 6) is 2.36. The SMILES string of the molecule is CCC1SC(c2cc(OC)ccc2OC)N(CCN2CCN(C(=O)CC(C)C)CC2)C1=O. The summed E-state index contributed by atoms with van der Waals surface area (Å²) in [5, 5.41) is -0.132. The van der Waals surface area contributed by atoms with E-state index in [1.165, 1.54) is 0 Å². The molecule has 3 rings (SSSR count). The van der Waals surface area contributed by atoms with E-state index in [0.29, 0.717) is 18.9 Å². The predicted molar refractivity (Wildman–Crippen MR) is 128 cm³/mol. The summed E-state index contributed by atoms with van der Waals surface area (Å²) < 4.78 is 11.0. The zero-order valence-corrected chi connectivity index (χ0v) is 20.8. The van der Waals surface area contributed by atoms with Gasteiger partial charge in [0.1, 0.15) is 16.9 Å². The Morgan fingerprint density at radius 3 is 2.44 bits per heavy atom. The summed E-state index contributed by atoms with van der Waals surface area (Å²) in [4.78, 5) is 31.8. The minimum absolute atomic E-state index is 0.0404. The van der Waals surface area contributed by atoms with Crippen molar-refractivity contribution in [1.82, 2.24) is 14.7 Å². The van der Waals surface area contributed by atoms with E-state index < -0.39 is 0 Å². The van der Waals surface area contributed by atoms with Crippen LogP contribution in [0, 0.1) is 5.92 Å². The Labute approximate surface area is 196 Å². The lowest BCUT2D eigenvalue weighted by Crippen LogP contribution is -2.50. The number of ether oxygens (including phenoxy) is 2. The summed E-state index contributed by atoms with van der Waals surface area (Å²) in [7, 11) is 3.31. The number of piperazine rings is 1. The van der Waals surface area contributed by atoms with E-state index >= 15 is 0 Å². The number of nitrogens with zero attached hydrogens (tertiary/aromatic N) is 3. The molecule has 2 aliphatic heterocycles. The molecule has 2 amide bonds. The minimum atomic E-state index is -0.0913. The highest BCUT2D eigenvalue weighted by molar-refractivity contribution is 8.01. The van der Waals surface area contributed by atoms with Crippen molar-refractivity contribution in [3.63, 3.8) is 0 Å². The maximum Gasteiger partial charge on any atom is 0.236 e. The van der Waals surface area contributed by atoms with Crippen LogP contribution in [-0.2, 0) is 9.59 Å². The van der Waals surface area contributed by atoms with Crippen LogP contribution >= 0.6 is 11.8 Å². The summed E-state index contributed by atoms with van der Waals surface area (Å²) >= 11 is 1.69. The maximum absolute atomic E-state index is 13.2. The van der Waals surface area contributed by atoms with Crippen molar-refractivity contribution >= 4 is 23.6 Å². The van der Waals surface area contributed by atoms with Crippen LogP contribution in [0.4, 0.5) is 0 Å². The lowest BCUT2D eigenvalue weighted by Gasteiger charge is -2.36. The molecule has 2 saturated heterocycles. The van der Waals surface area contributed by atoms with Crippen LogP contribution in [0.25, 0.3) is 0 Å². The summed E-state index contributed by atoms with van der Waals surface area (Å²) in [6.07, 6.45) is 1.42. The van der Waals surface area contributed by atoms with Gasteiger partial charge in [0.25, 0.3) is 0 Å². The first kappa shape index (κ1) is 24.7. The number of hydrogen-bond acceptors (Lipinski definition) is 6. The van der Waals surface area contributed by atoms with Crippen LogP contribution in [0.1, 0.15) is 44.6 Å². The van der Waals surface area contributed by atoms with Gasteiger partial charge in [0.2, 0.25) is 11.8 Å². The molecule has 0 N–H and O–H groups in total. The molecule has 0 aromatic heterocycles. The van der Waals surface area contributed by atoms with Crippen LogP contribution in [0.5, 0.6) is 11.5 Å². The highest BCUT2D eigenvalue weighted by atomic mass is 32.2.